The Balaban J connectivity index is 1.65. The smallest absolute Gasteiger partial charge is 0.177 e. The lowest BCUT2D eigenvalue weighted by molar-refractivity contribution is 0.932. The molecule has 0 aliphatic heterocycles. The molecule has 2 aromatic heterocycles. The summed E-state index contributed by atoms with van der Waals surface area (Å²) in [6.45, 7) is 5.01. The lowest BCUT2D eigenvalue weighted by Crippen LogP contribution is -2.05. The highest BCUT2D eigenvalue weighted by Crippen LogP contribution is 2.13. The summed E-state index contributed by atoms with van der Waals surface area (Å²) >= 11 is 0. The average molecular weight is 266 g/mol. The van der Waals surface area contributed by atoms with Crippen molar-refractivity contribution in [2.24, 2.45) is 0 Å². The molecule has 0 bridgehead atoms. The molecule has 2 N–H and O–H groups in total. The molecule has 0 spiro atoms. The highest BCUT2D eigenvalue weighted by Gasteiger charge is 2.05. The van der Waals surface area contributed by atoms with E-state index in [1.807, 2.05) is 6.07 Å². The molecule has 0 atom stereocenters. The number of fused-ring (bicyclic) bond motifs is 1. The first kappa shape index (κ1) is 12.7. The molecule has 102 valence electrons. The molecule has 3 aromatic rings. The fraction of sp³-hybridized carbons (Fsp3) is 0.250. The normalized spacial score (nSPS) is 10.9. The SMILES string of the molecule is Cc1ccc(NCCc2nc3nccc(C)c3[nH]2)cc1. The Morgan fingerprint density at radius 3 is 2.65 bits per heavy atom. The van der Waals surface area contributed by atoms with Gasteiger partial charge in [0.1, 0.15) is 5.82 Å². The summed E-state index contributed by atoms with van der Waals surface area (Å²) in [6, 6.07) is 10.4. The average Bonchev–Trinajstić information content (AvgIpc) is 2.85. The largest absolute Gasteiger partial charge is 0.385 e. The van der Waals surface area contributed by atoms with Gasteiger partial charge in [-0.15, -0.1) is 0 Å². The van der Waals surface area contributed by atoms with Crippen LogP contribution in [0.2, 0.25) is 0 Å². The van der Waals surface area contributed by atoms with Crippen LogP contribution in [0.1, 0.15) is 17.0 Å². The number of aryl methyl sites for hydroxylation is 2. The number of rotatable bonds is 4. The zero-order valence-corrected chi connectivity index (χ0v) is 11.8. The minimum atomic E-state index is 0.801. The van der Waals surface area contributed by atoms with Gasteiger partial charge in [0.2, 0.25) is 0 Å². The molecule has 0 saturated heterocycles. The molecule has 0 aliphatic carbocycles. The minimum absolute atomic E-state index is 0.801. The molecule has 3 rings (SSSR count). The number of H-pyrrole nitrogens is 1. The third kappa shape index (κ3) is 2.64. The predicted octanol–water partition coefficient (Wildman–Crippen LogP) is 3.23. The third-order valence-corrected chi connectivity index (χ3v) is 3.39. The van der Waals surface area contributed by atoms with Gasteiger partial charge < -0.3 is 10.3 Å². The zero-order chi connectivity index (χ0) is 13.9. The van der Waals surface area contributed by atoms with Crippen LogP contribution >= 0.6 is 0 Å². The fourth-order valence-corrected chi connectivity index (χ4v) is 2.20. The second kappa shape index (κ2) is 5.33. The summed E-state index contributed by atoms with van der Waals surface area (Å²) in [5.74, 6) is 0.974. The monoisotopic (exact) mass is 266 g/mol. The molecule has 4 heteroatoms. The van der Waals surface area contributed by atoms with Crippen LogP contribution in [0, 0.1) is 13.8 Å². The van der Waals surface area contributed by atoms with Crippen molar-refractivity contribution in [2.45, 2.75) is 20.3 Å². The van der Waals surface area contributed by atoms with Crippen molar-refractivity contribution in [1.82, 2.24) is 15.0 Å². The van der Waals surface area contributed by atoms with E-state index in [1.165, 1.54) is 11.1 Å². The number of nitrogens with zero attached hydrogens (tertiary/aromatic N) is 2. The first-order chi connectivity index (χ1) is 9.72. The van der Waals surface area contributed by atoms with E-state index in [1.54, 1.807) is 6.20 Å². The Kier molecular flexibility index (Phi) is 3.37. The number of aromatic amines is 1. The van der Waals surface area contributed by atoms with Crippen molar-refractivity contribution in [3.05, 3.63) is 53.5 Å². The second-order valence-electron chi connectivity index (χ2n) is 5.05. The molecule has 0 radical (unpaired) electrons. The van der Waals surface area contributed by atoms with E-state index in [9.17, 15) is 0 Å². The Morgan fingerprint density at radius 1 is 1.10 bits per heavy atom. The second-order valence-corrected chi connectivity index (χ2v) is 5.05. The van der Waals surface area contributed by atoms with Crippen LogP contribution in [0.4, 0.5) is 5.69 Å². The maximum absolute atomic E-state index is 4.51. The van der Waals surface area contributed by atoms with Gasteiger partial charge in [-0.05, 0) is 37.6 Å². The summed E-state index contributed by atoms with van der Waals surface area (Å²) < 4.78 is 0. The van der Waals surface area contributed by atoms with Crippen molar-refractivity contribution in [3.63, 3.8) is 0 Å². The number of imidazole rings is 1. The molecular weight excluding hydrogens is 248 g/mol. The van der Waals surface area contributed by atoms with Gasteiger partial charge in [-0.25, -0.2) is 9.97 Å². The van der Waals surface area contributed by atoms with Gasteiger partial charge in [0.15, 0.2) is 5.65 Å². The molecule has 2 heterocycles. The first-order valence-corrected chi connectivity index (χ1v) is 6.83. The number of nitrogens with one attached hydrogen (secondary N) is 2. The maximum atomic E-state index is 4.51. The van der Waals surface area contributed by atoms with Crippen molar-refractivity contribution < 1.29 is 0 Å². The highest BCUT2D eigenvalue weighted by molar-refractivity contribution is 5.74. The molecular formula is C16H18N4. The lowest BCUT2D eigenvalue weighted by Gasteiger charge is -2.05. The molecule has 4 nitrogen and oxygen atoms in total. The summed E-state index contributed by atoms with van der Waals surface area (Å²) in [5, 5.41) is 3.40. The van der Waals surface area contributed by atoms with Crippen LogP contribution in [0.5, 0.6) is 0 Å². The first-order valence-electron chi connectivity index (χ1n) is 6.83. The van der Waals surface area contributed by atoms with Gasteiger partial charge in [0.25, 0.3) is 0 Å². The molecule has 20 heavy (non-hydrogen) atoms. The van der Waals surface area contributed by atoms with Gasteiger partial charge in [0, 0.05) is 24.8 Å². The van der Waals surface area contributed by atoms with Crippen LogP contribution < -0.4 is 5.32 Å². The van der Waals surface area contributed by atoms with Gasteiger partial charge in [-0.1, -0.05) is 17.7 Å². The Bertz CT molecular complexity index is 713. The minimum Gasteiger partial charge on any atom is -0.385 e. The van der Waals surface area contributed by atoms with E-state index in [4.69, 9.17) is 0 Å². The van der Waals surface area contributed by atoms with Crippen LogP contribution in [-0.4, -0.2) is 21.5 Å². The summed E-state index contributed by atoms with van der Waals surface area (Å²) in [6.07, 6.45) is 2.65. The molecule has 0 fully saturated rings. The number of aromatic nitrogens is 3. The summed E-state index contributed by atoms with van der Waals surface area (Å²) in [4.78, 5) is 12.1. The number of benzene rings is 1. The Morgan fingerprint density at radius 2 is 1.90 bits per heavy atom. The zero-order valence-electron chi connectivity index (χ0n) is 11.8. The molecule has 0 unspecified atom stereocenters. The van der Waals surface area contributed by atoms with E-state index in [0.29, 0.717) is 0 Å². The van der Waals surface area contributed by atoms with Crippen molar-refractivity contribution in [1.29, 1.82) is 0 Å². The number of hydrogen-bond acceptors (Lipinski definition) is 3. The van der Waals surface area contributed by atoms with Gasteiger partial charge >= 0.3 is 0 Å². The van der Waals surface area contributed by atoms with Crippen LogP contribution in [0.3, 0.4) is 0 Å². The number of hydrogen-bond donors (Lipinski definition) is 2. The Hall–Kier alpha value is -2.36. The predicted molar refractivity (Wildman–Crippen MR) is 82.0 cm³/mol. The standard InChI is InChI=1S/C16H18N4/c1-11-3-5-13(6-4-11)17-10-8-14-19-15-12(2)7-9-18-16(15)20-14/h3-7,9,17H,8,10H2,1-2H3,(H,18,19,20). The van der Waals surface area contributed by atoms with Crippen molar-refractivity contribution in [3.8, 4) is 0 Å². The molecule has 1 aromatic carbocycles. The highest BCUT2D eigenvalue weighted by atomic mass is 15.0. The van der Waals surface area contributed by atoms with Gasteiger partial charge in [-0.2, -0.15) is 0 Å². The van der Waals surface area contributed by atoms with Crippen molar-refractivity contribution >= 4 is 16.9 Å². The molecule has 0 aliphatic rings. The summed E-state index contributed by atoms with van der Waals surface area (Å²) in [7, 11) is 0. The quantitative estimate of drug-likeness (QED) is 0.762. The number of pyridine rings is 1. The maximum Gasteiger partial charge on any atom is 0.177 e. The lowest BCUT2D eigenvalue weighted by atomic mass is 10.2. The van der Waals surface area contributed by atoms with E-state index in [0.717, 1.165) is 35.6 Å². The molecule has 0 saturated carbocycles. The number of anilines is 1. The topological polar surface area (TPSA) is 53.6 Å². The van der Waals surface area contributed by atoms with E-state index < -0.39 is 0 Å². The third-order valence-electron chi connectivity index (χ3n) is 3.39. The van der Waals surface area contributed by atoms with Gasteiger partial charge in [-0.3, -0.25) is 0 Å². The van der Waals surface area contributed by atoms with Gasteiger partial charge in [0.05, 0.1) is 5.52 Å². The summed E-state index contributed by atoms with van der Waals surface area (Å²) in [5.41, 5.74) is 5.43. The van der Waals surface area contributed by atoms with Crippen LogP contribution in [0.25, 0.3) is 11.2 Å². The van der Waals surface area contributed by atoms with E-state index in [2.05, 4.69) is 58.4 Å². The van der Waals surface area contributed by atoms with Crippen molar-refractivity contribution in [2.75, 3.05) is 11.9 Å². The van der Waals surface area contributed by atoms with E-state index in [-0.39, 0.29) is 0 Å². The van der Waals surface area contributed by atoms with Crippen LogP contribution in [-0.2, 0) is 6.42 Å². The Labute approximate surface area is 118 Å². The fourth-order valence-electron chi connectivity index (χ4n) is 2.20. The van der Waals surface area contributed by atoms with E-state index >= 15 is 0 Å². The van der Waals surface area contributed by atoms with Crippen LogP contribution in [0.15, 0.2) is 36.5 Å². The molecule has 0 amide bonds.